The molecule has 38 heavy (non-hydrogen) atoms. The smallest absolute Gasteiger partial charge is 0.250 e. The number of ether oxygens (including phenoxy) is 1. The molecule has 1 saturated heterocycles. The normalized spacial score (nSPS) is 17.5. The molecule has 0 spiro atoms. The van der Waals surface area contributed by atoms with Crippen LogP contribution >= 0.6 is 11.6 Å². The molecule has 1 N–H and O–H groups in total. The van der Waals surface area contributed by atoms with E-state index in [9.17, 15) is 13.9 Å². The molecule has 1 aromatic carbocycles. The molecule has 0 unspecified atom stereocenters. The van der Waals surface area contributed by atoms with Crippen LogP contribution in [0.4, 0.5) is 8.78 Å². The molecule has 0 bridgehead atoms. The Morgan fingerprint density at radius 1 is 1.13 bits per heavy atom. The van der Waals surface area contributed by atoms with Crippen LogP contribution in [0.15, 0.2) is 36.5 Å². The first-order chi connectivity index (χ1) is 18.0. The maximum atomic E-state index is 13.7. The molecule has 1 atom stereocenters. The van der Waals surface area contributed by atoms with Crippen LogP contribution in [0.3, 0.4) is 0 Å². The Labute approximate surface area is 224 Å². The average molecular weight is 543 g/mol. The predicted octanol–water partition coefficient (Wildman–Crippen LogP) is 4.55. The third kappa shape index (κ3) is 4.61. The molecular weight excluding hydrogens is 514 g/mol. The van der Waals surface area contributed by atoms with Gasteiger partial charge in [0.2, 0.25) is 5.88 Å². The second-order valence-corrected chi connectivity index (χ2v) is 10.2. The average Bonchev–Trinajstić information content (AvgIpc) is 3.32. The number of benzene rings is 1. The number of nitrogens with zero attached hydrogens (tertiary/aromatic N) is 6. The molecule has 5 rings (SSSR count). The Bertz CT molecular complexity index is 1500. The highest BCUT2D eigenvalue weighted by molar-refractivity contribution is 6.36. The van der Waals surface area contributed by atoms with Gasteiger partial charge >= 0.3 is 0 Å². The van der Waals surface area contributed by atoms with Crippen molar-refractivity contribution in [3.63, 3.8) is 0 Å². The molecule has 4 aromatic rings. The summed E-state index contributed by atoms with van der Waals surface area (Å²) >= 11 is 6.96. The van der Waals surface area contributed by atoms with E-state index in [0.29, 0.717) is 56.4 Å². The van der Waals surface area contributed by atoms with Gasteiger partial charge in [0.1, 0.15) is 0 Å². The third-order valence-electron chi connectivity index (χ3n) is 7.26. The highest BCUT2D eigenvalue weighted by Crippen LogP contribution is 2.41. The fraction of sp³-hybridized carbons (Fsp3) is 0.407. The Morgan fingerprint density at radius 3 is 2.50 bits per heavy atom. The zero-order chi connectivity index (χ0) is 27.2. The number of pyridine rings is 2. The van der Waals surface area contributed by atoms with Crippen LogP contribution in [0, 0.1) is 13.8 Å². The Hall–Kier alpha value is -3.21. The van der Waals surface area contributed by atoms with Crippen LogP contribution in [0.1, 0.15) is 46.6 Å². The molecule has 1 fully saturated rings. The summed E-state index contributed by atoms with van der Waals surface area (Å²) in [6.45, 7) is 4.55. The summed E-state index contributed by atoms with van der Waals surface area (Å²) in [4.78, 5) is 11.1. The van der Waals surface area contributed by atoms with Gasteiger partial charge in [-0.25, -0.2) is 18.4 Å². The van der Waals surface area contributed by atoms with Gasteiger partial charge in [0.15, 0.2) is 5.60 Å². The number of aryl methyl sites for hydroxylation is 3. The van der Waals surface area contributed by atoms with Crippen LogP contribution < -0.4 is 4.74 Å². The van der Waals surface area contributed by atoms with Gasteiger partial charge in [-0.1, -0.05) is 28.9 Å². The number of fused-ring (bicyclic) bond motifs is 1. The van der Waals surface area contributed by atoms with Crippen LogP contribution in [0.25, 0.3) is 10.9 Å². The molecule has 0 saturated carbocycles. The van der Waals surface area contributed by atoms with Gasteiger partial charge in [0.05, 0.1) is 29.5 Å². The highest BCUT2D eigenvalue weighted by Gasteiger charge is 2.39. The molecule has 0 radical (unpaired) electrons. The van der Waals surface area contributed by atoms with Crippen LogP contribution in [0.5, 0.6) is 5.88 Å². The van der Waals surface area contributed by atoms with Gasteiger partial charge in [-0.15, -0.1) is 5.10 Å². The van der Waals surface area contributed by atoms with Crippen molar-refractivity contribution in [2.45, 2.75) is 44.8 Å². The molecule has 3 aromatic heterocycles. The van der Waals surface area contributed by atoms with Gasteiger partial charge in [-0.3, -0.25) is 9.88 Å². The second-order valence-electron chi connectivity index (χ2n) is 9.82. The highest BCUT2D eigenvalue weighted by atomic mass is 35.5. The van der Waals surface area contributed by atoms with E-state index in [1.165, 1.54) is 18.0 Å². The summed E-state index contributed by atoms with van der Waals surface area (Å²) in [6.07, 6.45) is 1.12. The van der Waals surface area contributed by atoms with Crippen molar-refractivity contribution in [1.82, 2.24) is 29.9 Å². The number of hydrogen-bond acceptors (Lipinski definition) is 7. The summed E-state index contributed by atoms with van der Waals surface area (Å²) in [7, 11) is 3.22. The quantitative estimate of drug-likeness (QED) is 0.382. The second kappa shape index (κ2) is 9.83. The number of hydrogen-bond donors (Lipinski definition) is 1. The van der Waals surface area contributed by atoms with Crippen LogP contribution in [0.2, 0.25) is 5.02 Å². The van der Waals surface area contributed by atoms with Crippen molar-refractivity contribution in [3.8, 4) is 5.88 Å². The molecule has 8 nitrogen and oxygen atoms in total. The van der Waals surface area contributed by atoms with Gasteiger partial charge in [-0.05, 0) is 37.6 Å². The zero-order valence-electron chi connectivity index (χ0n) is 21.7. The number of alkyl halides is 2. The maximum absolute atomic E-state index is 13.7. The van der Waals surface area contributed by atoms with Crippen molar-refractivity contribution >= 4 is 22.5 Å². The van der Waals surface area contributed by atoms with Crippen molar-refractivity contribution in [2.75, 3.05) is 20.2 Å². The van der Waals surface area contributed by atoms with Crippen LogP contribution in [-0.2, 0) is 19.2 Å². The van der Waals surface area contributed by atoms with E-state index in [2.05, 4.69) is 20.3 Å². The standard InChI is InChI=1S/C27H29ClF2N6O2/c1-16-5-7-21(17(2)32-16)27(37,23-14-31-34-35(23)3)18-6-8-22-19(13-18)24(28)20(25(33-22)38-4)15-36-11-9-26(29,30)10-12-36/h5-8,13-14,37H,9-12,15H2,1-4H3/t27-/m1/s1. The van der Waals surface area contributed by atoms with Crippen molar-refractivity contribution in [2.24, 2.45) is 7.05 Å². The fourth-order valence-corrected chi connectivity index (χ4v) is 5.46. The molecule has 4 heterocycles. The lowest BCUT2D eigenvalue weighted by Gasteiger charge is -2.32. The first-order valence-corrected chi connectivity index (χ1v) is 12.7. The topological polar surface area (TPSA) is 89.2 Å². The minimum atomic E-state index is -2.64. The fourth-order valence-electron chi connectivity index (χ4n) is 5.16. The lowest BCUT2D eigenvalue weighted by Crippen LogP contribution is -2.39. The summed E-state index contributed by atoms with van der Waals surface area (Å²) in [5.74, 6) is -2.30. The minimum Gasteiger partial charge on any atom is -0.481 e. The molecule has 0 amide bonds. The van der Waals surface area contributed by atoms with Gasteiger partial charge in [0.25, 0.3) is 5.92 Å². The number of likely N-dealkylation sites (tertiary alicyclic amines) is 1. The lowest BCUT2D eigenvalue weighted by molar-refractivity contribution is -0.0567. The number of aromatic nitrogens is 5. The summed E-state index contributed by atoms with van der Waals surface area (Å²) in [6, 6.07) is 9.04. The molecule has 1 aliphatic heterocycles. The van der Waals surface area contributed by atoms with Crippen molar-refractivity contribution in [1.29, 1.82) is 0 Å². The molecule has 11 heteroatoms. The number of aliphatic hydroxyl groups is 1. The summed E-state index contributed by atoms with van der Waals surface area (Å²) < 4.78 is 34.5. The maximum Gasteiger partial charge on any atom is 0.250 e. The van der Waals surface area contributed by atoms with Gasteiger partial charge < -0.3 is 9.84 Å². The van der Waals surface area contributed by atoms with E-state index in [0.717, 1.165) is 5.69 Å². The summed E-state index contributed by atoms with van der Waals surface area (Å²) in [5.41, 5.74) is 2.61. The lowest BCUT2D eigenvalue weighted by atomic mass is 9.82. The monoisotopic (exact) mass is 542 g/mol. The van der Waals surface area contributed by atoms with Gasteiger partial charge in [0, 0.05) is 67.4 Å². The molecule has 200 valence electrons. The van der Waals surface area contributed by atoms with E-state index in [-0.39, 0.29) is 25.9 Å². The first-order valence-electron chi connectivity index (χ1n) is 12.3. The summed E-state index contributed by atoms with van der Waals surface area (Å²) in [5, 5.41) is 21.4. The number of halogens is 3. The number of methoxy groups -OCH3 is 1. The zero-order valence-corrected chi connectivity index (χ0v) is 22.4. The number of piperidine rings is 1. The molecular formula is C27H29ClF2N6O2. The van der Waals surface area contributed by atoms with E-state index in [1.54, 1.807) is 25.2 Å². The van der Waals surface area contributed by atoms with E-state index >= 15 is 0 Å². The van der Waals surface area contributed by atoms with E-state index in [1.807, 2.05) is 30.9 Å². The Kier molecular flexibility index (Phi) is 6.83. The first kappa shape index (κ1) is 26.4. The molecule has 1 aliphatic rings. The number of rotatable bonds is 6. The van der Waals surface area contributed by atoms with E-state index < -0.39 is 11.5 Å². The van der Waals surface area contributed by atoms with E-state index in [4.69, 9.17) is 16.3 Å². The largest absolute Gasteiger partial charge is 0.481 e. The van der Waals surface area contributed by atoms with Crippen molar-refractivity contribution in [3.05, 3.63) is 75.3 Å². The minimum absolute atomic E-state index is 0.201. The van der Waals surface area contributed by atoms with Crippen molar-refractivity contribution < 1.29 is 18.6 Å². The molecule has 0 aliphatic carbocycles. The van der Waals surface area contributed by atoms with Crippen LogP contribution in [-0.4, -0.2) is 61.1 Å². The van der Waals surface area contributed by atoms with Gasteiger partial charge in [-0.2, -0.15) is 0 Å². The Balaban J connectivity index is 1.65. The third-order valence-corrected chi connectivity index (χ3v) is 7.69. The predicted molar refractivity (Wildman–Crippen MR) is 140 cm³/mol. The Morgan fingerprint density at radius 2 is 1.87 bits per heavy atom. The SMILES string of the molecule is COc1nc2ccc([C@@](O)(c3ccc(C)nc3C)c3cnnn3C)cc2c(Cl)c1CN1CCC(F)(F)CC1.